The first kappa shape index (κ1) is 16.5. The molecule has 28 heavy (non-hydrogen) atoms. The van der Waals surface area contributed by atoms with Crippen LogP contribution in [0.2, 0.25) is 0 Å². The number of rotatable bonds is 3. The summed E-state index contributed by atoms with van der Waals surface area (Å²) in [4.78, 5) is 29.5. The number of imidazole rings is 1. The summed E-state index contributed by atoms with van der Waals surface area (Å²) in [7, 11) is 0. The zero-order valence-corrected chi connectivity index (χ0v) is 15.1. The quantitative estimate of drug-likeness (QED) is 0.603. The molecule has 1 N–H and O–H groups in total. The van der Waals surface area contributed by atoms with Gasteiger partial charge in [-0.25, -0.2) is 4.98 Å². The molecule has 5 rings (SSSR count). The van der Waals surface area contributed by atoms with E-state index in [-0.39, 0.29) is 11.5 Å². The Balaban J connectivity index is 1.66. The lowest BCUT2D eigenvalue weighted by atomic mass is 10.2. The monoisotopic (exact) mass is 370 g/mol. The highest BCUT2D eigenvalue weighted by atomic mass is 16.1. The summed E-state index contributed by atoms with van der Waals surface area (Å²) in [5.41, 5.74) is 4.11. The van der Waals surface area contributed by atoms with Crippen molar-refractivity contribution in [1.29, 1.82) is 0 Å². The van der Waals surface area contributed by atoms with Gasteiger partial charge in [0.1, 0.15) is 5.82 Å². The summed E-state index contributed by atoms with van der Waals surface area (Å²) in [5.74, 6) is 0.686. The number of nitrogens with zero attached hydrogens (tertiary/aromatic N) is 3. The smallest absolute Gasteiger partial charge is 0.253 e. The number of para-hydroxylation sites is 1. The number of carbonyl (C=O) groups excluding carboxylic acids is 1. The second-order valence-corrected chi connectivity index (χ2v) is 6.89. The molecule has 0 unspecified atom stereocenters. The van der Waals surface area contributed by atoms with E-state index < -0.39 is 0 Å². The van der Waals surface area contributed by atoms with Crippen molar-refractivity contribution in [3.63, 3.8) is 0 Å². The number of hydrogen-bond acceptors (Lipinski definition) is 3. The molecule has 0 atom stereocenters. The predicted octanol–water partition coefficient (Wildman–Crippen LogP) is 2.66. The predicted molar refractivity (Wildman–Crippen MR) is 107 cm³/mol. The Kier molecular flexibility index (Phi) is 3.83. The number of hydrogen-bond donors (Lipinski definition) is 1. The molecule has 1 aliphatic heterocycles. The van der Waals surface area contributed by atoms with Crippen molar-refractivity contribution in [2.45, 2.75) is 13.1 Å². The molecular weight excluding hydrogens is 352 g/mol. The molecule has 1 amide bonds. The van der Waals surface area contributed by atoms with Crippen LogP contribution in [0.5, 0.6) is 0 Å². The van der Waals surface area contributed by atoms with E-state index in [0.717, 1.165) is 28.0 Å². The van der Waals surface area contributed by atoms with Gasteiger partial charge in [-0.05, 0) is 23.8 Å². The minimum atomic E-state index is -0.0788. The third-order valence-corrected chi connectivity index (χ3v) is 5.07. The number of amides is 1. The number of pyridine rings is 1. The highest BCUT2D eigenvalue weighted by molar-refractivity contribution is 6.06. The van der Waals surface area contributed by atoms with Gasteiger partial charge in [0.15, 0.2) is 0 Å². The molecule has 2 aromatic carbocycles. The standard InChI is InChI=1S/C22H18N4O2/c27-19-10-9-16(14-25(19)13-15-5-2-1-3-6-15)21-24-18-8-4-7-17-20(18)26(21)12-11-23-22(17)28/h1-10,14H,11-13H2,(H,23,28). The van der Waals surface area contributed by atoms with E-state index in [2.05, 4.69) is 9.88 Å². The molecule has 4 aromatic rings. The number of benzene rings is 2. The van der Waals surface area contributed by atoms with Crippen molar-refractivity contribution in [2.75, 3.05) is 6.54 Å². The molecule has 6 nitrogen and oxygen atoms in total. The van der Waals surface area contributed by atoms with E-state index in [9.17, 15) is 9.59 Å². The topological polar surface area (TPSA) is 68.9 Å². The molecule has 0 radical (unpaired) electrons. The third-order valence-electron chi connectivity index (χ3n) is 5.07. The minimum Gasteiger partial charge on any atom is -0.350 e. The van der Waals surface area contributed by atoms with Crippen LogP contribution in [0, 0.1) is 0 Å². The third kappa shape index (κ3) is 2.70. The van der Waals surface area contributed by atoms with Gasteiger partial charge >= 0.3 is 0 Å². The van der Waals surface area contributed by atoms with Gasteiger partial charge in [-0.3, -0.25) is 9.59 Å². The van der Waals surface area contributed by atoms with E-state index in [1.54, 1.807) is 16.7 Å². The summed E-state index contributed by atoms with van der Waals surface area (Å²) in [6.07, 6.45) is 1.85. The maximum Gasteiger partial charge on any atom is 0.253 e. The lowest BCUT2D eigenvalue weighted by molar-refractivity contribution is 0.0956. The Morgan fingerprint density at radius 1 is 0.964 bits per heavy atom. The number of nitrogens with one attached hydrogen (secondary N) is 1. The van der Waals surface area contributed by atoms with Crippen LogP contribution in [0.15, 0.2) is 71.7 Å². The highest BCUT2D eigenvalue weighted by Gasteiger charge is 2.21. The fourth-order valence-electron chi connectivity index (χ4n) is 3.75. The Morgan fingerprint density at radius 3 is 2.68 bits per heavy atom. The fraction of sp³-hybridized carbons (Fsp3) is 0.136. The number of carbonyl (C=O) groups is 1. The summed E-state index contributed by atoms with van der Waals surface area (Å²) in [5, 5.41) is 2.93. The molecule has 0 spiro atoms. The van der Waals surface area contributed by atoms with Gasteiger partial charge in [0.05, 0.1) is 23.1 Å². The van der Waals surface area contributed by atoms with E-state index in [4.69, 9.17) is 4.98 Å². The molecule has 0 saturated heterocycles. The van der Waals surface area contributed by atoms with E-state index in [1.165, 1.54) is 0 Å². The number of aromatic nitrogens is 3. The average molecular weight is 370 g/mol. The second kappa shape index (κ2) is 6.49. The van der Waals surface area contributed by atoms with Crippen LogP contribution in [-0.2, 0) is 13.1 Å². The van der Waals surface area contributed by atoms with E-state index in [0.29, 0.717) is 25.2 Å². The van der Waals surface area contributed by atoms with Gasteiger partial charge in [-0.15, -0.1) is 0 Å². The van der Waals surface area contributed by atoms with Crippen LogP contribution in [0.3, 0.4) is 0 Å². The molecule has 0 saturated carbocycles. The van der Waals surface area contributed by atoms with E-state index >= 15 is 0 Å². The zero-order chi connectivity index (χ0) is 19.1. The van der Waals surface area contributed by atoms with Gasteiger partial charge in [-0.2, -0.15) is 0 Å². The molecule has 6 heteroatoms. The summed E-state index contributed by atoms with van der Waals surface area (Å²) >= 11 is 0. The molecule has 2 aromatic heterocycles. The normalized spacial score (nSPS) is 13.4. The molecule has 0 bridgehead atoms. The molecule has 3 heterocycles. The van der Waals surface area contributed by atoms with Crippen molar-refractivity contribution >= 4 is 16.9 Å². The fourth-order valence-corrected chi connectivity index (χ4v) is 3.75. The van der Waals surface area contributed by atoms with Crippen molar-refractivity contribution in [3.8, 4) is 11.4 Å². The first-order chi connectivity index (χ1) is 13.7. The highest BCUT2D eigenvalue weighted by Crippen LogP contribution is 2.28. The van der Waals surface area contributed by atoms with Gasteiger partial charge in [-0.1, -0.05) is 36.4 Å². The van der Waals surface area contributed by atoms with Crippen molar-refractivity contribution < 1.29 is 4.79 Å². The Labute approximate surface area is 161 Å². The van der Waals surface area contributed by atoms with Crippen LogP contribution < -0.4 is 10.9 Å². The van der Waals surface area contributed by atoms with Crippen LogP contribution >= 0.6 is 0 Å². The second-order valence-electron chi connectivity index (χ2n) is 6.89. The maximum absolute atomic E-state index is 12.4. The first-order valence-corrected chi connectivity index (χ1v) is 9.23. The Hall–Kier alpha value is -3.67. The lowest BCUT2D eigenvalue weighted by Gasteiger charge is -2.10. The largest absolute Gasteiger partial charge is 0.350 e. The molecule has 138 valence electrons. The first-order valence-electron chi connectivity index (χ1n) is 9.23. The van der Waals surface area contributed by atoms with Gasteiger partial charge < -0.3 is 14.5 Å². The van der Waals surface area contributed by atoms with Gasteiger partial charge in [0.2, 0.25) is 0 Å². The van der Waals surface area contributed by atoms with E-state index in [1.807, 2.05) is 54.7 Å². The Morgan fingerprint density at radius 2 is 1.82 bits per heavy atom. The maximum atomic E-state index is 12.4. The van der Waals surface area contributed by atoms with Crippen LogP contribution in [0.4, 0.5) is 0 Å². The molecule has 1 aliphatic rings. The van der Waals surface area contributed by atoms with Crippen LogP contribution in [-0.4, -0.2) is 26.6 Å². The molecular formula is C22H18N4O2. The van der Waals surface area contributed by atoms with Crippen LogP contribution in [0.1, 0.15) is 15.9 Å². The van der Waals surface area contributed by atoms with Crippen LogP contribution in [0.25, 0.3) is 22.4 Å². The zero-order valence-electron chi connectivity index (χ0n) is 15.1. The minimum absolute atomic E-state index is 0.0582. The van der Waals surface area contributed by atoms with Gasteiger partial charge in [0.25, 0.3) is 11.5 Å². The summed E-state index contributed by atoms with van der Waals surface area (Å²) in [6.45, 7) is 1.67. The van der Waals surface area contributed by atoms with Gasteiger partial charge in [0, 0.05) is 30.9 Å². The SMILES string of the molecule is O=C1NCCn2c(-c3ccc(=O)n(Cc4ccccc4)c3)nc3cccc1c32. The summed E-state index contributed by atoms with van der Waals surface area (Å²) in [6, 6.07) is 18.8. The van der Waals surface area contributed by atoms with Crippen molar-refractivity contribution in [3.05, 3.63) is 88.3 Å². The molecule has 0 aliphatic carbocycles. The lowest BCUT2D eigenvalue weighted by Crippen LogP contribution is -2.24. The summed E-state index contributed by atoms with van der Waals surface area (Å²) < 4.78 is 3.76. The average Bonchev–Trinajstić information content (AvgIpc) is 3.00. The van der Waals surface area contributed by atoms with Crippen molar-refractivity contribution in [1.82, 2.24) is 19.4 Å². The van der Waals surface area contributed by atoms with Crippen molar-refractivity contribution in [2.24, 2.45) is 0 Å². The Bertz CT molecular complexity index is 1250. The molecule has 0 fully saturated rings.